The van der Waals surface area contributed by atoms with Crippen molar-refractivity contribution in [3.63, 3.8) is 0 Å². The van der Waals surface area contributed by atoms with Gasteiger partial charge in [0.05, 0.1) is 0 Å². The molecular formula is C3H6N2OPt. The van der Waals surface area contributed by atoms with Crippen LogP contribution in [0.15, 0.2) is 0 Å². The Morgan fingerprint density at radius 3 is 1.86 bits per heavy atom. The zero-order chi connectivity index (χ0) is 4.41. The van der Waals surface area contributed by atoms with Crippen LogP contribution < -0.4 is 10.6 Å². The molecule has 1 heterocycles. The summed E-state index contributed by atoms with van der Waals surface area (Å²) in [6.07, 6.45) is 0. The third-order valence-electron chi connectivity index (χ3n) is 0.696. The van der Waals surface area contributed by atoms with Gasteiger partial charge in [-0.3, -0.25) is 0 Å². The Kier molecular flexibility index (Phi) is 3.01. The van der Waals surface area contributed by atoms with Crippen LogP contribution in [-0.2, 0) is 21.1 Å². The number of carbonyl (C=O) groups is 1. The van der Waals surface area contributed by atoms with Crippen molar-refractivity contribution in [1.82, 2.24) is 10.6 Å². The molecule has 1 aliphatic rings. The summed E-state index contributed by atoms with van der Waals surface area (Å²) in [5.74, 6) is 0. The van der Waals surface area contributed by atoms with Gasteiger partial charge in [-0.25, -0.2) is 4.79 Å². The second-order valence-electron chi connectivity index (χ2n) is 1.18. The zero-order valence-corrected chi connectivity index (χ0v) is 5.91. The minimum Gasteiger partial charge on any atom is -0.336 e. The summed E-state index contributed by atoms with van der Waals surface area (Å²) in [5.41, 5.74) is 0. The molecule has 1 fully saturated rings. The maximum absolute atomic E-state index is 10.0. The van der Waals surface area contributed by atoms with E-state index in [1.54, 1.807) is 0 Å². The van der Waals surface area contributed by atoms with Gasteiger partial charge in [-0.15, -0.1) is 0 Å². The Morgan fingerprint density at radius 2 is 1.71 bits per heavy atom. The molecule has 0 aromatic rings. The number of hydrogen-bond acceptors (Lipinski definition) is 1. The standard InChI is InChI=1S/C3H6N2O.Pt/c6-3-4-1-2-5-3;/h1-2H2,(H2,4,5,6);. The molecule has 0 radical (unpaired) electrons. The van der Waals surface area contributed by atoms with Crippen molar-refractivity contribution < 1.29 is 25.9 Å². The molecule has 2 amide bonds. The Hall–Kier alpha value is -0.0417. The molecule has 0 aromatic carbocycles. The van der Waals surface area contributed by atoms with Crippen LogP contribution in [0.5, 0.6) is 0 Å². The summed E-state index contributed by atoms with van der Waals surface area (Å²) in [4.78, 5) is 10.0. The van der Waals surface area contributed by atoms with Crippen molar-refractivity contribution in [2.24, 2.45) is 0 Å². The van der Waals surface area contributed by atoms with Crippen LogP contribution in [0, 0.1) is 0 Å². The Morgan fingerprint density at radius 1 is 1.29 bits per heavy atom. The molecule has 0 bridgehead atoms. The molecule has 1 rings (SSSR count). The van der Waals surface area contributed by atoms with Gasteiger partial charge in [0.25, 0.3) is 0 Å². The van der Waals surface area contributed by atoms with Crippen molar-refractivity contribution in [2.75, 3.05) is 13.1 Å². The second kappa shape index (κ2) is 3.03. The third kappa shape index (κ3) is 1.93. The van der Waals surface area contributed by atoms with Crippen LogP contribution in [-0.4, -0.2) is 19.1 Å². The van der Waals surface area contributed by atoms with E-state index in [0.29, 0.717) is 0 Å². The van der Waals surface area contributed by atoms with Gasteiger partial charge >= 0.3 is 6.03 Å². The van der Waals surface area contributed by atoms with Gasteiger partial charge in [0.15, 0.2) is 0 Å². The number of amides is 2. The van der Waals surface area contributed by atoms with E-state index < -0.39 is 0 Å². The predicted octanol–water partition coefficient (Wildman–Crippen LogP) is -0.703. The van der Waals surface area contributed by atoms with Crippen molar-refractivity contribution >= 4 is 6.03 Å². The van der Waals surface area contributed by atoms with Gasteiger partial charge < -0.3 is 10.6 Å². The summed E-state index contributed by atoms with van der Waals surface area (Å²) in [6, 6.07) is -0.0463. The predicted molar refractivity (Wildman–Crippen MR) is 21.4 cm³/mol. The van der Waals surface area contributed by atoms with Gasteiger partial charge in [0, 0.05) is 34.2 Å². The average Bonchev–Trinajstić information content (AvgIpc) is 1.86. The largest absolute Gasteiger partial charge is 0.336 e. The number of rotatable bonds is 0. The van der Waals surface area contributed by atoms with Crippen LogP contribution >= 0.6 is 0 Å². The normalized spacial score (nSPS) is 16.9. The number of carbonyl (C=O) groups excluding carboxylic acids is 1. The van der Waals surface area contributed by atoms with Crippen molar-refractivity contribution in [3.8, 4) is 0 Å². The second-order valence-corrected chi connectivity index (χ2v) is 1.18. The van der Waals surface area contributed by atoms with Crippen LogP contribution in [0.4, 0.5) is 4.79 Å². The van der Waals surface area contributed by atoms with Crippen LogP contribution in [0.2, 0.25) is 0 Å². The molecule has 1 aliphatic heterocycles. The van der Waals surface area contributed by atoms with Crippen molar-refractivity contribution in [1.29, 1.82) is 0 Å². The Bertz CT molecular complexity index is 67.3. The Balaban J connectivity index is 0.000000360. The van der Waals surface area contributed by atoms with E-state index in [1.807, 2.05) is 0 Å². The first-order chi connectivity index (χ1) is 2.89. The third-order valence-corrected chi connectivity index (χ3v) is 0.696. The average molecular weight is 281 g/mol. The van der Waals surface area contributed by atoms with Crippen LogP contribution in [0.1, 0.15) is 0 Å². The van der Waals surface area contributed by atoms with Gasteiger partial charge in [0.1, 0.15) is 0 Å². The van der Waals surface area contributed by atoms with Gasteiger partial charge in [-0.05, 0) is 0 Å². The first-order valence-corrected chi connectivity index (χ1v) is 1.91. The minimum atomic E-state index is -0.0463. The molecule has 0 aliphatic carbocycles. The van der Waals surface area contributed by atoms with E-state index in [-0.39, 0.29) is 27.1 Å². The van der Waals surface area contributed by atoms with Gasteiger partial charge in [0.2, 0.25) is 0 Å². The maximum atomic E-state index is 10.0. The van der Waals surface area contributed by atoms with Crippen LogP contribution in [0.3, 0.4) is 0 Å². The summed E-state index contributed by atoms with van der Waals surface area (Å²) in [5, 5.41) is 5.14. The summed E-state index contributed by atoms with van der Waals surface area (Å²) >= 11 is 0. The molecule has 7 heavy (non-hydrogen) atoms. The Labute approximate surface area is 56.1 Å². The molecule has 1 saturated heterocycles. The first-order valence-electron chi connectivity index (χ1n) is 1.91. The van der Waals surface area contributed by atoms with E-state index in [9.17, 15) is 4.79 Å². The molecule has 0 saturated carbocycles. The number of nitrogens with one attached hydrogen (secondary N) is 2. The maximum Gasteiger partial charge on any atom is 0.314 e. The summed E-state index contributed by atoms with van der Waals surface area (Å²) in [7, 11) is 0. The molecule has 4 heteroatoms. The van der Waals surface area contributed by atoms with Gasteiger partial charge in [-0.1, -0.05) is 0 Å². The van der Waals surface area contributed by atoms with E-state index in [4.69, 9.17) is 0 Å². The zero-order valence-electron chi connectivity index (χ0n) is 3.64. The number of hydrogen-bond donors (Lipinski definition) is 2. The fraction of sp³-hybridized carbons (Fsp3) is 0.667. The van der Waals surface area contributed by atoms with E-state index in [1.165, 1.54) is 0 Å². The fourth-order valence-electron chi connectivity index (χ4n) is 0.415. The SMILES string of the molecule is O=C1NCCN1.[Pt]. The van der Waals surface area contributed by atoms with E-state index in [0.717, 1.165) is 13.1 Å². The molecule has 44 valence electrons. The monoisotopic (exact) mass is 281 g/mol. The first kappa shape index (κ1) is 6.96. The van der Waals surface area contributed by atoms with E-state index in [2.05, 4.69) is 10.6 Å². The fourth-order valence-corrected chi connectivity index (χ4v) is 0.415. The molecule has 0 spiro atoms. The molecular weight excluding hydrogens is 275 g/mol. The summed E-state index contributed by atoms with van der Waals surface area (Å²) < 4.78 is 0. The molecule has 2 N–H and O–H groups in total. The van der Waals surface area contributed by atoms with Gasteiger partial charge in [-0.2, -0.15) is 0 Å². The molecule has 0 atom stereocenters. The van der Waals surface area contributed by atoms with Crippen molar-refractivity contribution in [2.45, 2.75) is 0 Å². The number of urea groups is 1. The smallest absolute Gasteiger partial charge is 0.314 e. The van der Waals surface area contributed by atoms with Crippen molar-refractivity contribution in [3.05, 3.63) is 0 Å². The summed E-state index contributed by atoms with van der Waals surface area (Å²) in [6.45, 7) is 1.55. The molecule has 0 aromatic heterocycles. The molecule has 3 nitrogen and oxygen atoms in total. The minimum absolute atomic E-state index is 0. The van der Waals surface area contributed by atoms with E-state index >= 15 is 0 Å². The quantitative estimate of drug-likeness (QED) is 0.605. The molecule has 0 unspecified atom stereocenters. The van der Waals surface area contributed by atoms with Crippen LogP contribution in [0.25, 0.3) is 0 Å². The topological polar surface area (TPSA) is 41.1 Å².